The summed E-state index contributed by atoms with van der Waals surface area (Å²) in [5.41, 5.74) is -0.264. The molecule has 9 heteroatoms. The van der Waals surface area contributed by atoms with Crippen molar-refractivity contribution in [2.24, 2.45) is 0 Å². The van der Waals surface area contributed by atoms with Crippen molar-refractivity contribution in [3.05, 3.63) is 30.1 Å². The van der Waals surface area contributed by atoms with Crippen molar-refractivity contribution in [3.8, 4) is 0 Å². The summed E-state index contributed by atoms with van der Waals surface area (Å²) in [4.78, 5) is 24.7. The zero-order valence-corrected chi connectivity index (χ0v) is 15.1. The molecular formula is C16H23FN3O4S+. The van der Waals surface area contributed by atoms with Gasteiger partial charge >= 0.3 is 0 Å². The average molecular weight is 372 g/mol. The van der Waals surface area contributed by atoms with Crippen molar-refractivity contribution >= 4 is 27.3 Å². The summed E-state index contributed by atoms with van der Waals surface area (Å²) in [6.07, 6.45) is 0.394. The number of quaternary nitrogens is 1. The first-order valence-electron chi connectivity index (χ1n) is 7.95. The second-order valence-electron chi connectivity index (χ2n) is 6.82. The molecule has 7 nitrogen and oxygen atoms in total. The first-order chi connectivity index (χ1) is 11.6. The summed E-state index contributed by atoms with van der Waals surface area (Å²) < 4.78 is 35.9. The summed E-state index contributed by atoms with van der Waals surface area (Å²) in [6, 6.07) is 5.40. The van der Waals surface area contributed by atoms with Crippen LogP contribution in [0, 0.1) is 5.82 Å². The van der Waals surface area contributed by atoms with Gasteiger partial charge in [-0.3, -0.25) is 9.59 Å². The topological polar surface area (TPSA) is 96.8 Å². The molecule has 1 aliphatic rings. The van der Waals surface area contributed by atoms with Crippen LogP contribution in [0.15, 0.2) is 24.3 Å². The molecule has 1 heterocycles. The molecule has 138 valence electrons. The minimum Gasteiger partial charge on any atom is -0.345 e. The van der Waals surface area contributed by atoms with E-state index >= 15 is 0 Å². The lowest BCUT2D eigenvalue weighted by atomic mass is 10.0. The van der Waals surface area contributed by atoms with Crippen LogP contribution >= 0.6 is 0 Å². The predicted molar refractivity (Wildman–Crippen MR) is 91.5 cm³/mol. The van der Waals surface area contributed by atoms with E-state index in [0.29, 0.717) is 17.0 Å². The molecule has 3 N–H and O–H groups in total. The van der Waals surface area contributed by atoms with Crippen molar-refractivity contribution in [1.29, 1.82) is 0 Å². The van der Waals surface area contributed by atoms with Crippen molar-refractivity contribution in [2.75, 3.05) is 37.0 Å². The molecule has 1 fully saturated rings. The lowest BCUT2D eigenvalue weighted by Gasteiger charge is -2.24. The Labute approximate surface area is 146 Å². The number of benzene rings is 1. The van der Waals surface area contributed by atoms with Crippen LogP contribution < -0.4 is 15.5 Å². The van der Waals surface area contributed by atoms with Gasteiger partial charge in [0.15, 0.2) is 22.9 Å². The molecule has 1 aromatic carbocycles. The monoisotopic (exact) mass is 372 g/mol. The molecule has 25 heavy (non-hydrogen) atoms. The van der Waals surface area contributed by atoms with Gasteiger partial charge in [0.05, 0.1) is 24.1 Å². The van der Waals surface area contributed by atoms with Gasteiger partial charge < -0.3 is 15.5 Å². The molecule has 1 aromatic rings. The van der Waals surface area contributed by atoms with E-state index in [0.717, 1.165) is 0 Å². The maximum Gasteiger partial charge on any atom is 0.279 e. The Morgan fingerprint density at radius 2 is 1.80 bits per heavy atom. The van der Waals surface area contributed by atoms with Crippen LogP contribution in [0.2, 0.25) is 0 Å². The molecule has 1 aliphatic heterocycles. The minimum absolute atomic E-state index is 0.0481. The third-order valence-corrected chi connectivity index (χ3v) is 5.90. The van der Waals surface area contributed by atoms with Gasteiger partial charge in [-0.1, -0.05) is 0 Å². The fraction of sp³-hybridized carbons (Fsp3) is 0.500. The summed E-state index contributed by atoms with van der Waals surface area (Å²) in [5, 5.41) is 5.39. The first kappa shape index (κ1) is 19.3. The Bertz CT molecular complexity index is 751. The molecular weight excluding hydrogens is 349 g/mol. The smallest absolute Gasteiger partial charge is 0.279 e. The zero-order chi connectivity index (χ0) is 18.7. The highest BCUT2D eigenvalue weighted by Gasteiger charge is 2.39. The number of halogens is 1. The lowest BCUT2D eigenvalue weighted by Crippen LogP contribution is -3.11. The van der Waals surface area contributed by atoms with Crippen LogP contribution in [0.4, 0.5) is 10.1 Å². The fourth-order valence-electron chi connectivity index (χ4n) is 2.84. The third-order valence-electron chi connectivity index (χ3n) is 4.00. The van der Waals surface area contributed by atoms with Crippen LogP contribution in [-0.4, -0.2) is 57.4 Å². The quantitative estimate of drug-likeness (QED) is 0.595. The van der Waals surface area contributed by atoms with E-state index in [2.05, 4.69) is 10.6 Å². The van der Waals surface area contributed by atoms with Crippen LogP contribution in [0.1, 0.15) is 13.3 Å². The molecule has 0 aliphatic carbocycles. The predicted octanol–water partition coefficient (Wildman–Crippen LogP) is -1.03. The fourth-order valence-corrected chi connectivity index (χ4v) is 4.93. The van der Waals surface area contributed by atoms with Crippen LogP contribution in [0.3, 0.4) is 0 Å². The third kappa shape index (κ3) is 6.09. The van der Waals surface area contributed by atoms with Crippen LogP contribution in [-0.2, 0) is 19.4 Å². The van der Waals surface area contributed by atoms with Crippen LogP contribution in [0.5, 0.6) is 0 Å². The van der Waals surface area contributed by atoms with Gasteiger partial charge in [0.1, 0.15) is 5.82 Å². The molecule has 0 bridgehead atoms. The Balaban J connectivity index is 1.79. The lowest BCUT2D eigenvalue weighted by molar-refractivity contribution is -0.862. The molecule has 0 aromatic heterocycles. The summed E-state index contributed by atoms with van der Waals surface area (Å²) in [5.74, 6) is -0.972. The number of hydrogen-bond acceptors (Lipinski definition) is 4. The number of carbonyl (C=O) groups excluding carboxylic acids is 2. The van der Waals surface area contributed by atoms with Gasteiger partial charge in [0.2, 0.25) is 0 Å². The second kappa shape index (κ2) is 7.49. The van der Waals surface area contributed by atoms with Gasteiger partial charge in [0.25, 0.3) is 11.8 Å². The van der Waals surface area contributed by atoms with Crippen molar-refractivity contribution in [1.82, 2.24) is 5.32 Å². The maximum absolute atomic E-state index is 12.8. The van der Waals surface area contributed by atoms with E-state index < -0.39 is 15.4 Å². The molecule has 2 atom stereocenters. The number of hydrogen-bond donors (Lipinski definition) is 3. The number of amides is 2. The Hall–Kier alpha value is -2.00. The minimum atomic E-state index is -3.10. The van der Waals surface area contributed by atoms with E-state index in [1.54, 1.807) is 14.0 Å². The highest BCUT2D eigenvalue weighted by Crippen LogP contribution is 2.22. The largest absolute Gasteiger partial charge is 0.345 e. The molecule has 0 radical (unpaired) electrons. The van der Waals surface area contributed by atoms with E-state index in [9.17, 15) is 22.4 Å². The van der Waals surface area contributed by atoms with E-state index in [-0.39, 0.29) is 42.2 Å². The second-order valence-corrected chi connectivity index (χ2v) is 9.00. The van der Waals surface area contributed by atoms with E-state index in [4.69, 9.17) is 0 Å². The number of likely N-dealkylation sites (N-methyl/N-ethyl adjacent to an activating group) is 1. The van der Waals surface area contributed by atoms with Crippen molar-refractivity contribution in [2.45, 2.75) is 18.9 Å². The number of rotatable bonds is 6. The highest BCUT2D eigenvalue weighted by molar-refractivity contribution is 7.91. The number of nitrogens with one attached hydrogen (secondary N) is 3. The van der Waals surface area contributed by atoms with Gasteiger partial charge in [-0.15, -0.1) is 0 Å². The zero-order valence-electron chi connectivity index (χ0n) is 14.3. The first-order valence-corrected chi connectivity index (χ1v) is 9.77. The standard InChI is InChI=1S/C16H22FN3O4S/c1-16(7-8-25(23,24)11-16)19-15(22)10-20(2)9-14(21)18-13-5-3-12(17)4-6-13/h3-6H,7-11H2,1-2H3,(H,18,21)(H,19,22)/p+1/t16-/m0/s1. The summed E-state index contributed by atoms with van der Waals surface area (Å²) >= 11 is 0. The molecule has 0 spiro atoms. The Morgan fingerprint density at radius 3 is 2.36 bits per heavy atom. The highest BCUT2D eigenvalue weighted by atomic mass is 32.2. The molecule has 0 saturated carbocycles. The summed E-state index contributed by atoms with van der Waals surface area (Å²) in [6.45, 7) is 1.82. The van der Waals surface area contributed by atoms with E-state index in [1.165, 1.54) is 24.3 Å². The number of anilines is 1. The van der Waals surface area contributed by atoms with Crippen LogP contribution in [0.25, 0.3) is 0 Å². The molecule has 2 rings (SSSR count). The van der Waals surface area contributed by atoms with Gasteiger partial charge in [-0.25, -0.2) is 12.8 Å². The van der Waals surface area contributed by atoms with Crippen molar-refractivity contribution < 1.29 is 27.3 Å². The average Bonchev–Trinajstić information content (AvgIpc) is 2.74. The van der Waals surface area contributed by atoms with Crippen molar-refractivity contribution in [3.63, 3.8) is 0 Å². The van der Waals surface area contributed by atoms with E-state index in [1.807, 2.05) is 0 Å². The number of sulfone groups is 1. The van der Waals surface area contributed by atoms with Gasteiger partial charge in [0, 0.05) is 5.69 Å². The molecule has 2 amide bonds. The molecule has 1 saturated heterocycles. The normalized spacial score (nSPS) is 23.0. The summed E-state index contributed by atoms with van der Waals surface area (Å²) in [7, 11) is -1.41. The van der Waals surface area contributed by atoms with Gasteiger partial charge in [-0.05, 0) is 37.6 Å². The van der Waals surface area contributed by atoms with Gasteiger partial charge in [-0.2, -0.15) is 0 Å². The SMILES string of the molecule is C[NH+](CC(=O)Nc1ccc(F)cc1)CC(=O)N[C@@]1(C)CCS(=O)(=O)C1. The Kier molecular flexibility index (Phi) is 5.79. The Morgan fingerprint density at radius 1 is 1.20 bits per heavy atom. The maximum atomic E-state index is 12.8. The molecule has 1 unspecified atom stereocenters. The number of carbonyl (C=O) groups is 2.